The van der Waals surface area contributed by atoms with Crippen LogP contribution in [-0.4, -0.2) is 40.3 Å². The Hall–Kier alpha value is -4.26. The molecule has 0 radical (unpaired) electrons. The van der Waals surface area contributed by atoms with Gasteiger partial charge in [-0.1, -0.05) is 0 Å². The molecule has 2 N–H and O–H groups in total. The van der Waals surface area contributed by atoms with Gasteiger partial charge in [-0.3, -0.25) is 4.79 Å². The summed E-state index contributed by atoms with van der Waals surface area (Å²) in [6.45, 7) is 1.64. The molecule has 0 atom stereocenters. The van der Waals surface area contributed by atoms with Gasteiger partial charge in [-0.05, 0) is 79.7 Å². The van der Waals surface area contributed by atoms with E-state index in [1.165, 1.54) is 7.11 Å². The van der Waals surface area contributed by atoms with Crippen LogP contribution < -0.4 is 10.7 Å². The van der Waals surface area contributed by atoms with Crippen LogP contribution in [0.1, 0.15) is 18.9 Å². The van der Waals surface area contributed by atoms with E-state index < -0.39 is 0 Å². The Morgan fingerprint density at radius 3 is 2.39 bits per heavy atom. The topological polar surface area (TPSA) is 99.4 Å². The minimum absolute atomic E-state index is 0.185. The molecule has 4 aliphatic heterocycles. The monoisotopic (exact) mass is 438 g/mol. The zero-order chi connectivity index (χ0) is 22.9. The highest BCUT2D eigenvalue weighted by Crippen LogP contribution is 2.23. The Labute approximate surface area is 190 Å². The van der Waals surface area contributed by atoms with Gasteiger partial charge in [0.15, 0.2) is 0 Å². The van der Waals surface area contributed by atoms with Crippen molar-refractivity contribution < 1.29 is 14.6 Å². The molecule has 0 amide bonds. The average Bonchev–Trinajstić information content (AvgIpc) is 3.56. The lowest BCUT2D eigenvalue weighted by Gasteiger charge is -1.99. The molecule has 0 saturated carbocycles. The fourth-order valence-corrected chi connectivity index (χ4v) is 3.93. The summed E-state index contributed by atoms with van der Waals surface area (Å²) in [6, 6.07) is 2.01. The molecule has 7 nitrogen and oxygen atoms in total. The quantitative estimate of drug-likeness (QED) is 0.561. The van der Waals surface area contributed by atoms with Gasteiger partial charge in [0.2, 0.25) is 0 Å². The third kappa shape index (κ3) is 4.39. The van der Waals surface area contributed by atoms with E-state index in [1.54, 1.807) is 6.92 Å². The predicted molar refractivity (Wildman–Crippen MR) is 129 cm³/mol. The summed E-state index contributed by atoms with van der Waals surface area (Å²) in [5.74, 6) is -0.0780. The van der Waals surface area contributed by atoms with E-state index in [2.05, 4.69) is 15.0 Å². The molecule has 7 heteroatoms. The van der Waals surface area contributed by atoms with Crippen molar-refractivity contribution in [2.45, 2.75) is 19.8 Å². The third-order valence-electron chi connectivity index (χ3n) is 5.53. The van der Waals surface area contributed by atoms with Gasteiger partial charge in [-0.25, -0.2) is 15.0 Å². The van der Waals surface area contributed by atoms with Crippen LogP contribution in [0.25, 0.3) is 12.2 Å². The highest BCUT2D eigenvalue weighted by molar-refractivity contribution is 6.20. The van der Waals surface area contributed by atoms with Crippen LogP contribution in [0.15, 0.2) is 92.0 Å². The van der Waals surface area contributed by atoms with Crippen LogP contribution >= 0.6 is 0 Å². The Balaban J connectivity index is 1.68. The van der Waals surface area contributed by atoms with E-state index >= 15 is 0 Å². The molecule has 0 saturated heterocycles. The van der Waals surface area contributed by atoms with Gasteiger partial charge < -0.3 is 14.8 Å². The Morgan fingerprint density at radius 2 is 1.67 bits per heavy atom. The maximum atomic E-state index is 11.7. The number of methoxy groups -OCH3 is 1. The molecule has 164 valence electrons. The number of aromatic nitrogens is 1. The first-order valence-corrected chi connectivity index (χ1v) is 10.6. The van der Waals surface area contributed by atoms with Crippen molar-refractivity contribution in [1.29, 1.82) is 0 Å². The van der Waals surface area contributed by atoms with Gasteiger partial charge in [-0.15, -0.1) is 0 Å². The molecule has 33 heavy (non-hydrogen) atoms. The second kappa shape index (κ2) is 8.35. The molecule has 0 aliphatic carbocycles. The largest absolute Gasteiger partial charge is 0.512 e. The molecular weight excluding hydrogens is 416 g/mol. The van der Waals surface area contributed by atoms with E-state index in [1.807, 2.05) is 60.8 Å². The number of aryl methyl sites for hydroxylation is 1. The second-order valence-electron chi connectivity index (χ2n) is 7.97. The van der Waals surface area contributed by atoms with E-state index in [4.69, 9.17) is 9.73 Å². The highest BCUT2D eigenvalue weighted by Gasteiger charge is 2.17. The molecule has 1 aromatic rings. The fourth-order valence-electron chi connectivity index (χ4n) is 3.93. The molecule has 5 heterocycles. The maximum Gasteiger partial charge on any atom is 0.305 e. The number of esters is 1. The van der Waals surface area contributed by atoms with Crippen molar-refractivity contribution in [3.05, 3.63) is 93.3 Å². The SMILES string of the molecule is COC(=O)CCc1cc2[nH]c1=CC1=C/C(=C(\C)O)C(=N1)C=C1C=CC(=N1)C=C1C=CC(=N1)C=2. The number of ether oxygens (including phenoxy) is 1. The minimum Gasteiger partial charge on any atom is -0.512 e. The lowest BCUT2D eigenvalue weighted by atomic mass is 10.1. The van der Waals surface area contributed by atoms with Crippen molar-refractivity contribution in [3.8, 4) is 0 Å². The molecule has 0 spiro atoms. The van der Waals surface area contributed by atoms with Gasteiger partial charge in [0.05, 0.1) is 47.1 Å². The second-order valence-corrected chi connectivity index (χ2v) is 7.97. The first kappa shape index (κ1) is 20.6. The van der Waals surface area contributed by atoms with Crippen molar-refractivity contribution in [2.75, 3.05) is 7.11 Å². The number of aliphatic hydroxyl groups excluding tert-OH is 1. The standard InChI is InChI=1S/C26H22N4O3/c1-15(31)23-12-22-14-24-16(3-8-26(32)33-2)9-21(29-24)11-19-5-4-17(27-19)10-18-6-7-20(28-18)13-25(23)30-22/h4-7,9-14,29,31H,3,8H2,1-2H3/b17-10?,20-13?,21-11?,23-15-,24-14?. The zero-order valence-corrected chi connectivity index (χ0v) is 18.3. The molecule has 0 fully saturated rings. The number of rotatable bonds is 3. The number of carbonyl (C=O) groups excluding carboxylic acids is 1. The van der Waals surface area contributed by atoms with Crippen LogP contribution in [0.5, 0.6) is 0 Å². The average molecular weight is 438 g/mol. The summed E-state index contributed by atoms with van der Waals surface area (Å²) in [4.78, 5) is 29.1. The summed E-state index contributed by atoms with van der Waals surface area (Å²) in [7, 11) is 1.39. The number of aliphatic hydroxyl groups is 1. The van der Waals surface area contributed by atoms with Crippen molar-refractivity contribution >= 4 is 35.3 Å². The van der Waals surface area contributed by atoms with Crippen molar-refractivity contribution in [2.24, 2.45) is 15.0 Å². The number of hydrogen-bond acceptors (Lipinski definition) is 6. The van der Waals surface area contributed by atoms with Crippen molar-refractivity contribution in [1.82, 2.24) is 4.98 Å². The number of aromatic amines is 1. The van der Waals surface area contributed by atoms with Gasteiger partial charge in [-0.2, -0.15) is 0 Å². The Morgan fingerprint density at radius 1 is 0.939 bits per heavy atom. The summed E-state index contributed by atoms with van der Waals surface area (Å²) < 4.78 is 4.80. The Kier molecular flexibility index (Phi) is 5.22. The number of H-pyrrole nitrogens is 1. The number of nitrogens with one attached hydrogen (secondary N) is 1. The fraction of sp³-hybridized carbons (Fsp3) is 0.154. The normalized spacial score (nSPS) is 19.6. The minimum atomic E-state index is -0.263. The lowest BCUT2D eigenvalue weighted by molar-refractivity contribution is -0.140. The van der Waals surface area contributed by atoms with Crippen molar-refractivity contribution in [3.63, 3.8) is 0 Å². The van der Waals surface area contributed by atoms with Crippen LogP contribution in [0.4, 0.5) is 0 Å². The Bertz CT molecular complexity index is 1460. The van der Waals surface area contributed by atoms with Crippen LogP contribution in [0, 0.1) is 0 Å². The van der Waals surface area contributed by atoms with Crippen LogP contribution in [-0.2, 0) is 16.0 Å². The summed E-state index contributed by atoms with van der Waals surface area (Å²) in [6.07, 6.45) is 18.0. The molecular formula is C26H22N4O3. The van der Waals surface area contributed by atoms with E-state index in [0.29, 0.717) is 23.4 Å². The lowest BCUT2D eigenvalue weighted by Crippen LogP contribution is -2.14. The first-order chi connectivity index (χ1) is 16.0. The molecule has 1 aromatic heterocycles. The van der Waals surface area contributed by atoms with E-state index in [0.717, 1.165) is 39.1 Å². The van der Waals surface area contributed by atoms with E-state index in [-0.39, 0.29) is 18.1 Å². The van der Waals surface area contributed by atoms with Gasteiger partial charge >= 0.3 is 5.97 Å². The maximum absolute atomic E-state index is 11.7. The molecule has 0 aromatic carbocycles. The van der Waals surface area contributed by atoms with Gasteiger partial charge in [0.25, 0.3) is 0 Å². The number of nitrogens with zero attached hydrogens (tertiary/aromatic N) is 3. The summed E-state index contributed by atoms with van der Waals surface area (Å²) in [5, 5.41) is 11.9. The zero-order valence-electron chi connectivity index (χ0n) is 18.3. The highest BCUT2D eigenvalue weighted by atomic mass is 16.5. The molecule has 0 unspecified atom stereocenters. The number of hydrogen-bond donors (Lipinski definition) is 2. The van der Waals surface area contributed by atoms with Gasteiger partial charge in [0, 0.05) is 22.7 Å². The van der Waals surface area contributed by atoms with Crippen LogP contribution in [0.2, 0.25) is 0 Å². The number of carbonyl (C=O) groups is 1. The number of fused-ring (bicyclic) bond motifs is 5. The molecule has 8 bridgehead atoms. The smallest absolute Gasteiger partial charge is 0.305 e. The van der Waals surface area contributed by atoms with Gasteiger partial charge in [0.1, 0.15) is 0 Å². The third-order valence-corrected chi connectivity index (χ3v) is 5.53. The summed E-state index contributed by atoms with van der Waals surface area (Å²) in [5.41, 5.74) is 6.13. The van der Waals surface area contributed by atoms with E-state index in [9.17, 15) is 9.90 Å². The van der Waals surface area contributed by atoms with Crippen LogP contribution in [0.3, 0.4) is 0 Å². The first-order valence-electron chi connectivity index (χ1n) is 10.6. The molecule has 5 rings (SSSR count). The predicted octanol–water partition coefficient (Wildman–Crippen LogP) is 2.65. The summed E-state index contributed by atoms with van der Waals surface area (Å²) >= 11 is 0. The number of aliphatic imine (C=N–C) groups is 3. The molecule has 4 aliphatic rings. The number of allylic oxidation sites excluding steroid dienone is 10.